The van der Waals surface area contributed by atoms with E-state index in [4.69, 9.17) is 0 Å². The van der Waals surface area contributed by atoms with Crippen molar-refractivity contribution in [1.29, 1.82) is 0 Å². The molecule has 1 heterocycles. The van der Waals surface area contributed by atoms with Crippen LogP contribution in [0.2, 0.25) is 0 Å². The molecule has 3 aromatic rings. The van der Waals surface area contributed by atoms with E-state index in [2.05, 4.69) is 32.7 Å². The van der Waals surface area contributed by atoms with Gasteiger partial charge in [-0.25, -0.2) is 14.4 Å². The monoisotopic (exact) mass is 496 g/mol. The lowest BCUT2D eigenvalue weighted by Crippen LogP contribution is -2.36. The number of thiazole rings is 1. The summed E-state index contributed by atoms with van der Waals surface area (Å²) in [7, 11) is 0. The van der Waals surface area contributed by atoms with Crippen molar-refractivity contribution in [3.8, 4) is 10.6 Å². The van der Waals surface area contributed by atoms with Crippen LogP contribution in [0.25, 0.3) is 10.6 Å². The third-order valence-corrected chi connectivity index (χ3v) is 4.60. The summed E-state index contributed by atoms with van der Waals surface area (Å²) in [6.45, 7) is 3.76. The molecular weight excluding hydrogens is 474 g/mol. The van der Waals surface area contributed by atoms with Gasteiger partial charge in [-0.05, 0) is 24.6 Å². The van der Waals surface area contributed by atoms with Crippen LogP contribution >= 0.6 is 35.3 Å². The van der Waals surface area contributed by atoms with Gasteiger partial charge in [-0.15, -0.1) is 35.3 Å². The maximum absolute atomic E-state index is 13.3. The van der Waals surface area contributed by atoms with E-state index in [1.807, 2.05) is 36.6 Å². The highest BCUT2D eigenvalue weighted by Crippen LogP contribution is 2.23. The fourth-order valence-corrected chi connectivity index (χ4v) is 3.25. The van der Waals surface area contributed by atoms with Crippen molar-refractivity contribution >= 4 is 41.3 Å². The molecule has 0 saturated carbocycles. The summed E-state index contributed by atoms with van der Waals surface area (Å²) >= 11 is 1.63. The smallest absolute Gasteiger partial charge is 0.191 e. The summed E-state index contributed by atoms with van der Waals surface area (Å²) in [5.74, 6) is 0.442. The molecule has 142 valence electrons. The summed E-state index contributed by atoms with van der Waals surface area (Å²) in [6.07, 6.45) is 0. The number of benzene rings is 2. The van der Waals surface area contributed by atoms with Crippen molar-refractivity contribution in [3.05, 3.63) is 77.1 Å². The fourth-order valence-electron chi connectivity index (χ4n) is 2.42. The Balaban J connectivity index is 0.00000261. The number of rotatable bonds is 6. The van der Waals surface area contributed by atoms with Crippen LogP contribution in [0, 0.1) is 5.82 Å². The number of guanidine groups is 1. The van der Waals surface area contributed by atoms with Crippen LogP contribution in [0.3, 0.4) is 0 Å². The quantitative estimate of drug-likeness (QED) is 0.292. The molecule has 2 N–H and O–H groups in total. The van der Waals surface area contributed by atoms with Gasteiger partial charge in [0.2, 0.25) is 0 Å². The second-order valence-electron chi connectivity index (χ2n) is 5.69. The zero-order valence-electron chi connectivity index (χ0n) is 15.0. The predicted octanol–water partition coefficient (Wildman–Crippen LogP) is 4.82. The molecule has 0 aliphatic rings. The molecule has 2 aromatic carbocycles. The standard InChI is InChI=1S/C20H21FN4S.HI/c1-2-22-20(23-12-15-7-6-10-17(21)11-15)24-13-18-14-26-19(25-18)16-8-4-3-5-9-16;/h3-11,14H,2,12-13H2,1H3,(H2,22,23,24);1H. The largest absolute Gasteiger partial charge is 0.357 e. The third-order valence-electron chi connectivity index (χ3n) is 3.66. The molecule has 0 aliphatic carbocycles. The lowest BCUT2D eigenvalue weighted by atomic mass is 10.2. The topological polar surface area (TPSA) is 49.3 Å². The van der Waals surface area contributed by atoms with E-state index >= 15 is 0 Å². The normalized spacial score (nSPS) is 11.0. The van der Waals surface area contributed by atoms with Gasteiger partial charge in [-0.1, -0.05) is 42.5 Å². The molecule has 0 aliphatic heterocycles. The van der Waals surface area contributed by atoms with Gasteiger partial charge in [-0.3, -0.25) is 0 Å². The van der Waals surface area contributed by atoms with Crippen LogP contribution in [0.15, 0.2) is 65.0 Å². The highest BCUT2D eigenvalue weighted by atomic mass is 127. The van der Waals surface area contributed by atoms with Gasteiger partial charge < -0.3 is 10.6 Å². The van der Waals surface area contributed by atoms with Crippen LogP contribution in [-0.2, 0) is 13.1 Å². The molecule has 0 radical (unpaired) electrons. The first kappa shape index (κ1) is 21.3. The number of hydrogen-bond donors (Lipinski definition) is 2. The van der Waals surface area contributed by atoms with Crippen molar-refractivity contribution in [2.24, 2.45) is 4.99 Å². The van der Waals surface area contributed by atoms with Crippen LogP contribution in [0.4, 0.5) is 4.39 Å². The summed E-state index contributed by atoms with van der Waals surface area (Å²) < 4.78 is 13.3. The van der Waals surface area contributed by atoms with E-state index in [1.165, 1.54) is 12.1 Å². The summed E-state index contributed by atoms with van der Waals surface area (Å²) in [4.78, 5) is 9.17. The molecule has 0 amide bonds. The van der Waals surface area contributed by atoms with E-state index in [0.717, 1.165) is 28.4 Å². The average molecular weight is 496 g/mol. The molecule has 27 heavy (non-hydrogen) atoms. The molecule has 1 aromatic heterocycles. The Morgan fingerprint density at radius 3 is 2.67 bits per heavy atom. The maximum Gasteiger partial charge on any atom is 0.191 e. The number of halogens is 2. The van der Waals surface area contributed by atoms with Crippen LogP contribution in [0.1, 0.15) is 18.2 Å². The lowest BCUT2D eigenvalue weighted by molar-refractivity contribution is 0.625. The van der Waals surface area contributed by atoms with Gasteiger partial charge >= 0.3 is 0 Å². The molecule has 4 nitrogen and oxygen atoms in total. The molecule has 3 rings (SSSR count). The van der Waals surface area contributed by atoms with E-state index < -0.39 is 0 Å². The molecule has 0 saturated heterocycles. The van der Waals surface area contributed by atoms with Crippen molar-refractivity contribution in [2.75, 3.05) is 6.54 Å². The zero-order chi connectivity index (χ0) is 18.2. The Bertz CT molecular complexity index is 867. The Hall–Kier alpha value is -2.00. The minimum Gasteiger partial charge on any atom is -0.357 e. The van der Waals surface area contributed by atoms with Gasteiger partial charge in [0.25, 0.3) is 0 Å². The molecule has 0 unspecified atom stereocenters. The highest BCUT2D eigenvalue weighted by molar-refractivity contribution is 14.0. The Morgan fingerprint density at radius 1 is 1.11 bits per heavy atom. The highest BCUT2D eigenvalue weighted by Gasteiger charge is 2.05. The first-order valence-corrected chi connectivity index (χ1v) is 9.39. The lowest BCUT2D eigenvalue weighted by Gasteiger charge is -2.10. The molecule has 0 spiro atoms. The first-order chi connectivity index (χ1) is 12.7. The Morgan fingerprint density at radius 2 is 1.93 bits per heavy atom. The Labute approximate surface area is 180 Å². The molecule has 7 heteroatoms. The Kier molecular flexibility index (Phi) is 8.66. The number of aliphatic imine (C=N–C) groups is 1. The van der Waals surface area contributed by atoms with Gasteiger partial charge in [0.1, 0.15) is 10.8 Å². The van der Waals surface area contributed by atoms with Gasteiger partial charge in [0.15, 0.2) is 5.96 Å². The van der Waals surface area contributed by atoms with Crippen LogP contribution in [-0.4, -0.2) is 17.5 Å². The minimum atomic E-state index is -0.244. The number of hydrogen-bond acceptors (Lipinski definition) is 3. The summed E-state index contributed by atoms with van der Waals surface area (Å²) in [5, 5.41) is 9.52. The average Bonchev–Trinajstić information content (AvgIpc) is 3.14. The second kappa shape index (κ2) is 11.0. The number of nitrogens with zero attached hydrogens (tertiary/aromatic N) is 2. The van der Waals surface area contributed by atoms with Crippen LogP contribution < -0.4 is 10.6 Å². The first-order valence-electron chi connectivity index (χ1n) is 8.51. The maximum atomic E-state index is 13.3. The van der Waals surface area contributed by atoms with Crippen molar-refractivity contribution in [1.82, 2.24) is 15.6 Å². The predicted molar refractivity (Wildman–Crippen MR) is 121 cm³/mol. The number of nitrogens with one attached hydrogen (secondary N) is 2. The van der Waals surface area contributed by atoms with E-state index in [0.29, 0.717) is 19.0 Å². The molecule has 0 bridgehead atoms. The van der Waals surface area contributed by atoms with E-state index in [-0.39, 0.29) is 29.8 Å². The van der Waals surface area contributed by atoms with Crippen molar-refractivity contribution < 1.29 is 4.39 Å². The second-order valence-corrected chi connectivity index (χ2v) is 6.55. The van der Waals surface area contributed by atoms with E-state index in [9.17, 15) is 4.39 Å². The SMILES string of the molecule is CCNC(=NCc1cccc(F)c1)NCc1csc(-c2ccccc2)n1.I. The molecule has 0 fully saturated rings. The zero-order valence-corrected chi connectivity index (χ0v) is 18.1. The minimum absolute atomic E-state index is 0. The number of aromatic nitrogens is 1. The van der Waals surface area contributed by atoms with Gasteiger partial charge in [0.05, 0.1) is 18.8 Å². The van der Waals surface area contributed by atoms with Gasteiger partial charge in [-0.2, -0.15) is 0 Å². The van der Waals surface area contributed by atoms with Crippen molar-refractivity contribution in [3.63, 3.8) is 0 Å². The molecule has 0 atom stereocenters. The summed E-state index contributed by atoms with van der Waals surface area (Å²) in [6, 6.07) is 16.6. The van der Waals surface area contributed by atoms with E-state index in [1.54, 1.807) is 17.4 Å². The van der Waals surface area contributed by atoms with Crippen molar-refractivity contribution in [2.45, 2.75) is 20.0 Å². The fraction of sp³-hybridized carbons (Fsp3) is 0.200. The third kappa shape index (κ3) is 6.59. The van der Waals surface area contributed by atoms with Gasteiger partial charge in [0, 0.05) is 17.5 Å². The summed E-state index contributed by atoms with van der Waals surface area (Å²) in [5.41, 5.74) is 2.92. The van der Waals surface area contributed by atoms with Crippen LogP contribution in [0.5, 0.6) is 0 Å². The molecular formula is C20H22FIN4S.